The highest BCUT2D eigenvalue weighted by Gasteiger charge is 2.51. The summed E-state index contributed by atoms with van der Waals surface area (Å²) in [6.07, 6.45) is -3.21. The van der Waals surface area contributed by atoms with Crippen LogP contribution in [0.5, 0.6) is 0 Å². The molecule has 1 rings (SSSR count). The zero-order chi connectivity index (χ0) is 18.1. The molecule has 3 atom stereocenters. The molecule has 0 heterocycles. The number of carbonyl (C=O) groups is 1. The Morgan fingerprint density at radius 3 is 2.30 bits per heavy atom. The van der Waals surface area contributed by atoms with Gasteiger partial charge >= 0.3 is 12.1 Å². The van der Waals surface area contributed by atoms with E-state index in [-0.39, 0.29) is 12.0 Å². The third-order valence-corrected chi connectivity index (χ3v) is 4.33. The van der Waals surface area contributed by atoms with Crippen LogP contribution in [0.25, 0.3) is 0 Å². The molecule has 0 aromatic carbocycles. The smallest absolute Gasteiger partial charge is 0.419 e. The van der Waals surface area contributed by atoms with Crippen molar-refractivity contribution in [3.63, 3.8) is 0 Å². The predicted octanol–water partition coefficient (Wildman–Crippen LogP) is 3.38. The monoisotopic (exact) mass is 338 g/mol. The van der Waals surface area contributed by atoms with Crippen molar-refractivity contribution in [1.82, 2.24) is 0 Å². The van der Waals surface area contributed by atoms with Crippen LogP contribution in [-0.4, -0.2) is 41.2 Å². The number of aliphatic hydroxyl groups is 1. The molecule has 0 spiro atoms. The van der Waals surface area contributed by atoms with E-state index in [9.17, 15) is 23.1 Å². The van der Waals surface area contributed by atoms with Gasteiger partial charge in [-0.15, -0.1) is 0 Å². The minimum atomic E-state index is -4.75. The SMILES string of the molecule is C=C(C)C(=O)OC1CCC(C(C)(C)OCC(C)(O)C(F)(F)F)C1. The second kappa shape index (κ2) is 6.81. The predicted molar refractivity (Wildman–Crippen MR) is 78.7 cm³/mol. The van der Waals surface area contributed by atoms with Gasteiger partial charge in [-0.1, -0.05) is 6.58 Å². The number of hydrogen-bond acceptors (Lipinski definition) is 4. The number of rotatable bonds is 6. The molecule has 1 fully saturated rings. The molecule has 4 nitrogen and oxygen atoms in total. The van der Waals surface area contributed by atoms with Gasteiger partial charge in [-0.05, 0) is 52.9 Å². The Labute approximate surface area is 134 Å². The van der Waals surface area contributed by atoms with Gasteiger partial charge in [0.15, 0.2) is 5.60 Å². The number of hydrogen-bond donors (Lipinski definition) is 1. The van der Waals surface area contributed by atoms with Crippen LogP contribution in [0.2, 0.25) is 0 Å². The lowest BCUT2D eigenvalue weighted by Crippen LogP contribution is -2.49. The molecule has 7 heteroatoms. The van der Waals surface area contributed by atoms with Gasteiger partial charge in [0, 0.05) is 5.57 Å². The fourth-order valence-corrected chi connectivity index (χ4v) is 2.46. The van der Waals surface area contributed by atoms with E-state index in [0.29, 0.717) is 31.8 Å². The summed E-state index contributed by atoms with van der Waals surface area (Å²) in [7, 11) is 0. The quantitative estimate of drug-likeness (QED) is 0.596. The molecule has 3 unspecified atom stereocenters. The normalized spacial score (nSPS) is 25.0. The van der Waals surface area contributed by atoms with Gasteiger partial charge in [0.05, 0.1) is 12.2 Å². The number of carbonyl (C=O) groups excluding carboxylic acids is 1. The first-order valence-electron chi connectivity index (χ1n) is 7.56. The van der Waals surface area contributed by atoms with Crippen molar-refractivity contribution in [3.8, 4) is 0 Å². The second-order valence-electron chi connectivity index (χ2n) is 6.98. The molecule has 1 aliphatic rings. The van der Waals surface area contributed by atoms with E-state index in [1.165, 1.54) is 0 Å². The summed E-state index contributed by atoms with van der Waals surface area (Å²) in [4.78, 5) is 11.5. The highest BCUT2D eigenvalue weighted by atomic mass is 19.4. The highest BCUT2D eigenvalue weighted by molar-refractivity contribution is 5.87. The molecule has 0 aromatic heterocycles. The zero-order valence-corrected chi connectivity index (χ0v) is 14.0. The maximum atomic E-state index is 12.7. The van der Waals surface area contributed by atoms with Crippen LogP contribution in [0, 0.1) is 5.92 Å². The second-order valence-corrected chi connectivity index (χ2v) is 6.98. The average molecular weight is 338 g/mol. The minimum absolute atomic E-state index is 0.0607. The van der Waals surface area contributed by atoms with Crippen LogP contribution in [0.1, 0.15) is 47.0 Å². The first-order valence-corrected chi connectivity index (χ1v) is 7.56. The van der Waals surface area contributed by atoms with E-state index in [1.807, 2.05) is 0 Å². The van der Waals surface area contributed by atoms with E-state index < -0.39 is 30.0 Å². The van der Waals surface area contributed by atoms with Gasteiger partial charge in [0.2, 0.25) is 0 Å². The van der Waals surface area contributed by atoms with Crippen LogP contribution in [-0.2, 0) is 14.3 Å². The lowest BCUT2D eigenvalue weighted by molar-refractivity contribution is -0.278. The first kappa shape index (κ1) is 20.0. The summed E-state index contributed by atoms with van der Waals surface area (Å²) in [6.45, 7) is 8.30. The fraction of sp³-hybridized carbons (Fsp3) is 0.812. The summed E-state index contributed by atoms with van der Waals surface area (Å²) in [5, 5.41) is 9.46. The van der Waals surface area contributed by atoms with Gasteiger partial charge in [0.1, 0.15) is 6.10 Å². The Hall–Kier alpha value is -1.08. The lowest BCUT2D eigenvalue weighted by Gasteiger charge is -2.36. The Bertz CT molecular complexity index is 455. The van der Waals surface area contributed by atoms with Gasteiger partial charge in [0.25, 0.3) is 0 Å². The molecule has 1 aliphatic carbocycles. The lowest BCUT2D eigenvalue weighted by atomic mass is 9.89. The summed E-state index contributed by atoms with van der Waals surface area (Å²) < 4.78 is 48.7. The molecule has 0 saturated heterocycles. The van der Waals surface area contributed by atoms with Crippen molar-refractivity contribution in [2.24, 2.45) is 5.92 Å². The molecule has 0 bridgehead atoms. The Morgan fingerprint density at radius 1 is 1.26 bits per heavy atom. The minimum Gasteiger partial charge on any atom is -0.459 e. The summed E-state index contributed by atoms with van der Waals surface area (Å²) in [5.74, 6) is -0.524. The summed E-state index contributed by atoms with van der Waals surface area (Å²) >= 11 is 0. The van der Waals surface area contributed by atoms with Gasteiger partial charge in [-0.2, -0.15) is 13.2 Å². The molecular weight excluding hydrogens is 313 g/mol. The van der Waals surface area contributed by atoms with E-state index >= 15 is 0 Å². The number of alkyl halides is 3. The molecule has 0 amide bonds. The van der Waals surface area contributed by atoms with Crippen LogP contribution < -0.4 is 0 Å². The molecule has 0 radical (unpaired) electrons. The summed E-state index contributed by atoms with van der Waals surface area (Å²) in [5.41, 5.74) is -3.45. The van der Waals surface area contributed by atoms with Crippen molar-refractivity contribution >= 4 is 5.97 Å². The number of halogens is 3. The first-order chi connectivity index (χ1) is 10.3. The maximum absolute atomic E-state index is 12.7. The van der Waals surface area contributed by atoms with Crippen molar-refractivity contribution in [2.45, 2.75) is 70.4 Å². The Morgan fingerprint density at radius 2 is 1.83 bits per heavy atom. The average Bonchev–Trinajstić information content (AvgIpc) is 2.84. The molecule has 0 aromatic rings. The van der Waals surface area contributed by atoms with Gasteiger partial charge < -0.3 is 14.6 Å². The van der Waals surface area contributed by atoms with Crippen LogP contribution >= 0.6 is 0 Å². The maximum Gasteiger partial charge on any atom is 0.419 e. The van der Waals surface area contributed by atoms with Gasteiger partial charge in [-0.3, -0.25) is 0 Å². The van der Waals surface area contributed by atoms with Crippen molar-refractivity contribution < 1.29 is 32.5 Å². The van der Waals surface area contributed by atoms with E-state index in [1.54, 1.807) is 20.8 Å². The third kappa shape index (κ3) is 5.21. The molecule has 134 valence electrons. The van der Waals surface area contributed by atoms with Crippen molar-refractivity contribution in [3.05, 3.63) is 12.2 Å². The zero-order valence-electron chi connectivity index (χ0n) is 14.0. The fourth-order valence-electron chi connectivity index (χ4n) is 2.46. The highest BCUT2D eigenvalue weighted by Crippen LogP contribution is 2.39. The largest absolute Gasteiger partial charge is 0.459 e. The number of ether oxygens (including phenoxy) is 2. The van der Waals surface area contributed by atoms with Crippen molar-refractivity contribution in [1.29, 1.82) is 0 Å². The van der Waals surface area contributed by atoms with Crippen LogP contribution in [0.4, 0.5) is 13.2 Å². The van der Waals surface area contributed by atoms with Crippen LogP contribution in [0.15, 0.2) is 12.2 Å². The van der Waals surface area contributed by atoms with E-state index in [4.69, 9.17) is 9.47 Å². The third-order valence-electron chi connectivity index (χ3n) is 4.33. The standard InChI is InChI=1S/C16H25F3O4/c1-10(2)13(20)23-12-7-6-11(8-12)14(3,4)22-9-15(5,21)16(17,18)19/h11-12,21H,1,6-9H2,2-5H3. The van der Waals surface area contributed by atoms with Crippen molar-refractivity contribution in [2.75, 3.05) is 6.61 Å². The van der Waals surface area contributed by atoms with E-state index in [0.717, 1.165) is 0 Å². The Kier molecular flexibility index (Phi) is 5.91. The van der Waals surface area contributed by atoms with E-state index in [2.05, 4.69) is 6.58 Å². The molecule has 1 N–H and O–H groups in total. The van der Waals surface area contributed by atoms with Crippen LogP contribution in [0.3, 0.4) is 0 Å². The molecule has 1 saturated carbocycles. The Balaban J connectivity index is 2.58. The van der Waals surface area contributed by atoms with Gasteiger partial charge in [-0.25, -0.2) is 4.79 Å². The molecular formula is C16H25F3O4. The molecule has 23 heavy (non-hydrogen) atoms. The molecule has 0 aliphatic heterocycles. The number of esters is 1. The summed E-state index contributed by atoms with van der Waals surface area (Å²) in [6, 6.07) is 0. The topological polar surface area (TPSA) is 55.8 Å².